The van der Waals surface area contributed by atoms with Crippen LogP contribution in [0.1, 0.15) is 45.2 Å². The van der Waals surface area contributed by atoms with Crippen molar-refractivity contribution in [2.45, 2.75) is 40.5 Å². The molecule has 4 heterocycles. The molecule has 5 heteroatoms. The molecule has 2 aliphatic rings. The van der Waals surface area contributed by atoms with Crippen molar-refractivity contribution in [3.05, 3.63) is 72.2 Å². The van der Waals surface area contributed by atoms with Gasteiger partial charge in [-0.1, -0.05) is 52.0 Å². The summed E-state index contributed by atoms with van der Waals surface area (Å²) in [5.74, 6) is 0.920. The Hall–Kier alpha value is -3.70. The number of fused-ring (bicyclic) bond motifs is 7. The number of benzene rings is 3. The highest BCUT2D eigenvalue weighted by atomic mass is 32.1. The number of hydrogen-bond donors (Lipinski definition) is 0. The van der Waals surface area contributed by atoms with Gasteiger partial charge in [0.05, 0.1) is 18.1 Å². The highest BCUT2D eigenvalue weighted by Gasteiger charge is 2.23. The summed E-state index contributed by atoms with van der Waals surface area (Å²) in [6.07, 6.45) is 7.68. The first kappa shape index (κ1) is 22.5. The summed E-state index contributed by atoms with van der Waals surface area (Å²) in [6.45, 7) is 8.88. The van der Waals surface area contributed by atoms with Crippen molar-refractivity contribution in [1.82, 2.24) is 10.2 Å². The lowest BCUT2D eigenvalue weighted by Crippen LogP contribution is -2.06. The number of nitrogens with zero attached hydrogens (tertiary/aromatic N) is 4. The van der Waals surface area contributed by atoms with Crippen LogP contribution in [0.5, 0.6) is 0 Å². The van der Waals surface area contributed by atoms with E-state index in [-0.39, 0.29) is 0 Å². The van der Waals surface area contributed by atoms with Crippen LogP contribution in [0.25, 0.3) is 47.6 Å². The molecule has 2 aromatic heterocycles. The van der Waals surface area contributed by atoms with Crippen molar-refractivity contribution in [1.29, 1.82) is 0 Å². The average Bonchev–Trinajstić information content (AvgIpc) is 3.66. The molecule has 0 radical (unpaired) electrons. The fraction of sp³-hybridized carbons (Fsp3) is 0.250. The van der Waals surface area contributed by atoms with Crippen molar-refractivity contribution < 1.29 is 0 Å². The molecule has 0 atom stereocenters. The monoisotopic (exact) mass is 500 g/mol. The molecule has 0 N–H and O–H groups in total. The van der Waals surface area contributed by atoms with Gasteiger partial charge in [0.2, 0.25) is 0 Å². The van der Waals surface area contributed by atoms with Crippen molar-refractivity contribution in [2.75, 3.05) is 0 Å². The van der Waals surface area contributed by atoms with Gasteiger partial charge in [0.1, 0.15) is 0 Å². The second-order valence-electron chi connectivity index (χ2n) is 10.8. The average molecular weight is 501 g/mol. The minimum absolute atomic E-state index is 0.429. The molecule has 0 bridgehead atoms. The van der Waals surface area contributed by atoms with E-state index in [2.05, 4.69) is 91.5 Å². The lowest BCUT2D eigenvalue weighted by atomic mass is 9.93. The van der Waals surface area contributed by atoms with E-state index in [0.29, 0.717) is 11.8 Å². The third-order valence-corrected chi connectivity index (χ3v) is 8.93. The molecular formula is C32H28N4S. The van der Waals surface area contributed by atoms with Gasteiger partial charge >= 0.3 is 0 Å². The van der Waals surface area contributed by atoms with Crippen LogP contribution >= 0.6 is 11.3 Å². The van der Waals surface area contributed by atoms with E-state index in [1.165, 1.54) is 59.4 Å². The molecule has 0 saturated carbocycles. The molecule has 182 valence electrons. The molecule has 0 fully saturated rings. The van der Waals surface area contributed by atoms with Gasteiger partial charge in [0.25, 0.3) is 0 Å². The van der Waals surface area contributed by atoms with Gasteiger partial charge in [-0.3, -0.25) is 9.98 Å². The van der Waals surface area contributed by atoms with Crippen molar-refractivity contribution in [3.8, 4) is 10.4 Å². The zero-order chi connectivity index (χ0) is 25.3. The van der Waals surface area contributed by atoms with Crippen LogP contribution in [0.15, 0.2) is 71.0 Å². The molecule has 4 nitrogen and oxygen atoms in total. The van der Waals surface area contributed by atoms with Crippen molar-refractivity contribution >= 4 is 65.7 Å². The Labute approximate surface area is 220 Å². The van der Waals surface area contributed by atoms with E-state index in [9.17, 15) is 0 Å². The zero-order valence-corrected chi connectivity index (χ0v) is 22.4. The smallest absolute Gasteiger partial charge is 0.0766 e. The molecule has 7 rings (SSSR count). The quantitative estimate of drug-likeness (QED) is 0.232. The molecule has 0 unspecified atom stereocenters. The SMILES string of the molecule is CC(C)C1=NC=C(c2ccc3cc(-c4ccc5c6c(c7cnncc7c5c4)N=C(C(C)C)C6)sc3c2)C1. The highest BCUT2D eigenvalue weighted by Crippen LogP contribution is 2.44. The summed E-state index contributed by atoms with van der Waals surface area (Å²) in [7, 11) is 0. The van der Waals surface area contributed by atoms with Gasteiger partial charge in [0.15, 0.2) is 0 Å². The Morgan fingerprint density at radius 3 is 2.30 bits per heavy atom. The van der Waals surface area contributed by atoms with Gasteiger partial charge in [0, 0.05) is 50.8 Å². The fourth-order valence-corrected chi connectivity index (χ4v) is 6.65. The molecule has 37 heavy (non-hydrogen) atoms. The van der Waals surface area contributed by atoms with E-state index in [4.69, 9.17) is 4.99 Å². The largest absolute Gasteiger partial charge is 0.265 e. The van der Waals surface area contributed by atoms with Gasteiger partial charge in [-0.25, -0.2) is 0 Å². The van der Waals surface area contributed by atoms with Crippen LogP contribution in [0, 0.1) is 11.8 Å². The van der Waals surface area contributed by atoms with Gasteiger partial charge in [-0.05, 0) is 68.5 Å². The lowest BCUT2D eigenvalue weighted by molar-refractivity contribution is 0.872. The number of allylic oxidation sites excluding steroid dienone is 1. The first-order valence-electron chi connectivity index (χ1n) is 13.0. The molecule has 0 aliphatic carbocycles. The molecule has 3 aromatic carbocycles. The number of aromatic nitrogens is 2. The second kappa shape index (κ2) is 8.42. The van der Waals surface area contributed by atoms with E-state index < -0.39 is 0 Å². The Balaban J connectivity index is 1.31. The maximum absolute atomic E-state index is 5.03. The molecular weight excluding hydrogens is 472 g/mol. The predicted molar refractivity (Wildman–Crippen MR) is 158 cm³/mol. The molecule has 5 aromatic rings. The summed E-state index contributed by atoms with van der Waals surface area (Å²) in [6, 6.07) is 16.0. The maximum atomic E-state index is 5.03. The predicted octanol–water partition coefficient (Wildman–Crippen LogP) is 8.79. The number of aliphatic imine (C=N–C) groups is 2. The first-order chi connectivity index (χ1) is 18.0. The molecule has 0 amide bonds. The van der Waals surface area contributed by atoms with Gasteiger partial charge in [-0.15, -0.1) is 11.3 Å². The summed E-state index contributed by atoms with van der Waals surface area (Å²) in [5, 5.41) is 14.4. The minimum atomic E-state index is 0.429. The number of rotatable bonds is 4. The number of hydrogen-bond acceptors (Lipinski definition) is 5. The Morgan fingerprint density at radius 2 is 1.51 bits per heavy atom. The summed E-state index contributed by atoms with van der Waals surface area (Å²) < 4.78 is 1.31. The summed E-state index contributed by atoms with van der Waals surface area (Å²) >= 11 is 1.86. The molecule has 0 saturated heterocycles. The van der Waals surface area contributed by atoms with Crippen LogP contribution in [0.3, 0.4) is 0 Å². The van der Waals surface area contributed by atoms with Crippen LogP contribution in [0.4, 0.5) is 5.69 Å². The Bertz CT molecular complexity index is 1830. The van der Waals surface area contributed by atoms with Crippen LogP contribution in [0.2, 0.25) is 0 Å². The molecule has 2 aliphatic heterocycles. The van der Waals surface area contributed by atoms with E-state index in [1.54, 1.807) is 0 Å². The minimum Gasteiger partial charge on any atom is -0.265 e. The first-order valence-corrected chi connectivity index (χ1v) is 13.8. The third kappa shape index (κ3) is 3.64. The van der Waals surface area contributed by atoms with E-state index in [1.807, 2.05) is 23.7 Å². The maximum Gasteiger partial charge on any atom is 0.0766 e. The summed E-state index contributed by atoms with van der Waals surface area (Å²) in [4.78, 5) is 11.0. The lowest BCUT2D eigenvalue weighted by Gasteiger charge is -2.11. The normalized spacial score (nSPS) is 15.2. The fourth-order valence-electron chi connectivity index (χ4n) is 5.55. The zero-order valence-electron chi connectivity index (χ0n) is 21.5. The van der Waals surface area contributed by atoms with E-state index >= 15 is 0 Å². The van der Waals surface area contributed by atoms with Crippen molar-refractivity contribution in [2.24, 2.45) is 21.8 Å². The third-order valence-electron chi connectivity index (χ3n) is 7.79. The van der Waals surface area contributed by atoms with Gasteiger partial charge in [-0.2, -0.15) is 10.2 Å². The molecule has 0 spiro atoms. The van der Waals surface area contributed by atoms with Gasteiger partial charge < -0.3 is 0 Å². The highest BCUT2D eigenvalue weighted by molar-refractivity contribution is 7.22. The number of thiophene rings is 1. The van der Waals surface area contributed by atoms with E-state index in [0.717, 1.165) is 29.3 Å². The van der Waals surface area contributed by atoms with Crippen LogP contribution in [-0.2, 0) is 6.42 Å². The van der Waals surface area contributed by atoms with Crippen LogP contribution < -0.4 is 0 Å². The standard InChI is InChI=1S/C32H28N4S/c1-17(2)28-10-22(14-33-28)19-5-6-21-12-31(37-30(21)11-19)20-7-8-23-24(9-20)26-15-34-35-16-27(26)32-25(23)13-29(36-32)18(3)4/h5-9,11-12,14-18H,10,13H2,1-4H3. The van der Waals surface area contributed by atoms with Crippen molar-refractivity contribution in [3.63, 3.8) is 0 Å². The topological polar surface area (TPSA) is 50.5 Å². The Kier molecular flexibility index (Phi) is 5.12. The van der Waals surface area contributed by atoms with Crippen LogP contribution in [-0.4, -0.2) is 21.6 Å². The second-order valence-corrected chi connectivity index (χ2v) is 11.9. The summed E-state index contributed by atoms with van der Waals surface area (Å²) in [5.41, 5.74) is 8.74. The Morgan fingerprint density at radius 1 is 0.730 bits per heavy atom.